The molecule has 0 bridgehead atoms. The standard InChI is InChI=1S/C18H22N2O6S/c21-17-4-1-14-13-15(2-3-16(14)26-17)27(22,23)20-9-7-19(8-10-20)6-5-18-24-11-12-25-18/h1-4,13,18H,5-12H2. The third kappa shape index (κ3) is 4.07. The van der Waals surface area contributed by atoms with Gasteiger partial charge in [0.2, 0.25) is 10.0 Å². The van der Waals surface area contributed by atoms with Crippen LogP contribution in [-0.2, 0) is 19.5 Å². The first-order valence-electron chi connectivity index (χ1n) is 9.02. The zero-order valence-corrected chi connectivity index (χ0v) is 15.7. The first kappa shape index (κ1) is 18.6. The summed E-state index contributed by atoms with van der Waals surface area (Å²) in [5.41, 5.74) is -0.0785. The number of rotatable bonds is 5. The topological polar surface area (TPSA) is 89.3 Å². The van der Waals surface area contributed by atoms with Gasteiger partial charge >= 0.3 is 5.63 Å². The number of fused-ring (bicyclic) bond motifs is 1. The molecular weight excluding hydrogens is 372 g/mol. The molecule has 27 heavy (non-hydrogen) atoms. The van der Waals surface area contributed by atoms with Crippen molar-refractivity contribution in [3.05, 3.63) is 40.8 Å². The summed E-state index contributed by atoms with van der Waals surface area (Å²) in [6.07, 6.45) is 0.659. The van der Waals surface area contributed by atoms with Gasteiger partial charge in [-0.25, -0.2) is 13.2 Å². The van der Waals surface area contributed by atoms with Crippen molar-refractivity contribution < 1.29 is 22.3 Å². The normalized spacial score (nSPS) is 20.4. The van der Waals surface area contributed by atoms with Gasteiger partial charge in [0.05, 0.1) is 18.1 Å². The van der Waals surface area contributed by atoms with Gasteiger partial charge in [0, 0.05) is 50.6 Å². The first-order chi connectivity index (χ1) is 13.0. The van der Waals surface area contributed by atoms with E-state index in [-0.39, 0.29) is 11.2 Å². The fourth-order valence-electron chi connectivity index (χ4n) is 3.41. The number of hydrogen-bond acceptors (Lipinski definition) is 7. The van der Waals surface area contributed by atoms with Crippen LogP contribution >= 0.6 is 0 Å². The van der Waals surface area contributed by atoms with Crippen molar-refractivity contribution in [3.63, 3.8) is 0 Å². The van der Waals surface area contributed by atoms with Crippen molar-refractivity contribution in [1.29, 1.82) is 0 Å². The van der Waals surface area contributed by atoms with Crippen LogP contribution in [0, 0.1) is 0 Å². The van der Waals surface area contributed by atoms with Gasteiger partial charge in [0.25, 0.3) is 0 Å². The van der Waals surface area contributed by atoms with Crippen molar-refractivity contribution in [1.82, 2.24) is 9.21 Å². The second-order valence-electron chi connectivity index (χ2n) is 6.66. The maximum absolute atomic E-state index is 12.9. The third-order valence-electron chi connectivity index (χ3n) is 4.93. The Morgan fingerprint density at radius 2 is 1.74 bits per heavy atom. The number of nitrogens with zero attached hydrogens (tertiary/aromatic N) is 2. The molecule has 0 saturated carbocycles. The lowest BCUT2D eigenvalue weighted by Crippen LogP contribution is -2.49. The highest BCUT2D eigenvalue weighted by atomic mass is 32.2. The molecule has 0 N–H and O–H groups in total. The van der Waals surface area contributed by atoms with Crippen LogP contribution in [0.3, 0.4) is 0 Å². The fourth-order valence-corrected chi connectivity index (χ4v) is 4.87. The van der Waals surface area contributed by atoms with Crippen LogP contribution in [0.1, 0.15) is 6.42 Å². The monoisotopic (exact) mass is 394 g/mol. The lowest BCUT2D eigenvalue weighted by molar-refractivity contribution is -0.0525. The number of sulfonamides is 1. The van der Waals surface area contributed by atoms with E-state index in [0.717, 1.165) is 13.0 Å². The Morgan fingerprint density at radius 3 is 2.48 bits per heavy atom. The van der Waals surface area contributed by atoms with Crippen molar-refractivity contribution in [3.8, 4) is 0 Å². The van der Waals surface area contributed by atoms with Gasteiger partial charge in [0.15, 0.2) is 6.29 Å². The smallest absolute Gasteiger partial charge is 0.336 e. The van der Waals surface area contributed by atoms with Gasteiger partial charge in [0.1, 0.15) is 5.58 Å². The molecule has 9 heteroatoms. The van der Waals surface area contributed by atoms with Gasteiger partial charge in [-0.3, -0.25) is 0 Å². The highest BCUT2D eigenvalue weighted by molar-refractivity contribution is 7.89. The van der Waals surface area contributed by atoms with Crippen molar-refractivity contribution >= 4 is 21.0 Å². The Morgan fingerprint density at radius 1 is 1.00 bits per heavy atom. The molecule has 0 unspecified atom stereocenters. The van der Waals surface area contributed by atoms with Gasteiger partial charge in [-0.1, -0.05) is 0 Å². The second-order valence-corrected chi connectivity index (χ2v) is 8.60. The molecule has 2 aromatic rings. The minimum absolute atomic E-state index is 0.135. The van der Waals surface area contributed by atoms with E-state index >= 15 is 0 Å². The molecule has 2 aliphatic heterocycles. The largest absolute Gasteiger partial charge is 0.423 e. The predicted molar refractivity (Wildman–Crippen MR) is 98.0 cm³/mol. The Kier molecular flexibility index (Phi) is 5.29. The Balaban J connectivity index is 1.40. The molecule has 0 atom stereocenters. The summed E-state index contributed by atoms with van der Waals surface area (Å²) in [7, 11) is -3.58. The summed E-state index contributed by atoms with van der Waals surface area (Å²) >= 11 is 0. The van der Waals surface area contributed by atoms with Crippen LogP contribution in [0.4, 0.5) is 0 Å². The van der Waals surface area contributed by atoms with Gasteiger partial charge in [-0.15, -0.1) is 0 Å². The van der Waals surface area contributed by atoms with Crippen molar-refractivity contribution in [2.24, 2.45) is 0 Å². The lowest BCUT2D eigenvalue weighted by Gasteiger charge is -2.34. The predicted octanol–water partition coefficient (Wildman–Crippen LogP) is 0.862. The molecule has 146 valence electrons. The quantitative estimate of drug-likeness (QED) is 0.695. The molecule has 3 heterocycles. The summed E-state index contributed by atoms with van der Waals surface area (Å²) in [6, 6.07) is 7.43. The highest BCUT2D eigenvalue weighted by Crippen LogP contribution is 2.22. The Labute approximate surface area is 157 Å². The summed E-state index contributed by atoms with van der Waals surface area (Å²) in [6.45, 7) is 4.35. The van der Waals surface area contributed by atoms with E-state index in [1.165, 1.54) is 22.5 Å². The lowest BCUT2D eigenvalue weighted by atomic mass is 10.2. The number of benzene rings is 1. The van der Waals surface area contributed by atoms with E-state index < -0.39 is 15.6 Å². The summed E-state index contributed by atoms with van der Waals surface area (Å²) in [5, 5.41) is 0.589. The maximum Gasteiger partial charge on any atom is 0.336 e. The van der Waals surface area contributed by atoms with Crippen molar-refractivity contribution in [2.75, 3.05) is 45.9 Å². The molecule has 0 spiro atoms. The Bertz CT molecular complexity index is 959. The molecule has 2 saturated heterocycles. The molecule has 2 fully saturated rings. The zero-order valence-electron chi connectivity index (χ0n) is 14.9. The maximum atomic E-state index is 12.9. The van der Waals surface area contributed by atoms with Gasteiger partial charge < -0.3 is 18.8 Å². The molecule has 0 aliphatic carbocycles. The van der Waals surface area contributed by atoms with E-state index in [9.17, 15) is 13.2 Å². The molecule has 0 radical (unpaired) electrons. The molecule has 1 aromatic heterocycles. The molecule has 4 rings (SSSR count). The summed E-state index contributed by atoms with van der Waals surface area (Å²) < 4.78 is 43.3. The van der Waals surface area contributed by atoms with E-state index in [4.69, 9.17) is 13.9 Å². The number of piperazine rings is 1. The highest BCUT2D eigenvalue weighted by Gasteiger charge is 2.29. The first-order valence-corrected chi connectivity index (χ1v) is 10.5. The van der Waals surface area contributed by atoms with Crippen LogP contribution in [-0.4, -0.2) is 69.9 Å². The SMILES string of the molecule is O=c1ccc2cc(S(=O)(=O)N3CCN(CCC4OCCO4)CC3)ccc2o1. The number of hydrogen-bond donors (Lipinski definition) is 0. The molecule has 1 aromatic carbocycles. The molecule has 0 amide bonds. The van der Waals surface area contributed by atoms with E-state index in [0.29, 0.717) is 50.4 Å². The van der Waals surface area contributed by atoms with Crippen LogP contribution < -0.4 is 5.63 Å². The third-order valence-corrected chi connectivity index (χ3v) is 6.83. The van der Waals surface area contributed by atoms with Crippen molar-refractivity contribution in [2.45, 2.75) is 17.6 Å². The van der Waals surface area contributed by atoms with E-state index in [1.54, 1.807) is 12.1 Å². The average Bonchev–Trinajstić information content (AvgIpc) is 3.20. The fraction of sp³-hybridized carbons (Fsp3) is 0.500. The Hall–Kier alpha value is -1.78. The molecule has 2 aliphatic rings. The van der Waals surface area contributed by atoms with Crippen LogP contribution in [0.2, 0.25) is 0 Å². The minimum Gasteiger partial charge on any atom is -0.423 e. The summed E-state index contributed by atoms with van der Waals surface area (Å²) in [4.78, 5) is 13.7. The van der Waals surface area contributed by atoms with Crippen LogP contribution in [0.25, 0.3) is 11.0 Å². The minimum atomic E-state index is -3.58. The van der Waals surface area contributed by atoms with Gasteiger partial charge in [-0.2, -0.15) is 4.31 Å². The summed E-state index contributed by atoms with van der Waals surface area (Å²) in [5.74, 6) is 0. The second kappa shape index (κ2) is 7.69. The van der Waals surface area contributed by atoms with Crippen LogP contribution in [0.5, 0.6) is 0 Å². The van der Waals surface area contributed by atoms with E-state index in [2.05, 4.69) is 4.90 Å². The van der Waals surface area contributed by atoms with Gasteiger partial charge in [-0.05, 0) is 24.3 Å². The molecule has 8 nitrogen and oxygen atoms in total. The average molecular weight is 394 g/mol. The molecular formula is C18H22N2O6S. The van der Waals surface area contributed by atoms with Crippen LogP contribution in [0.15, 0.2) is 44.4 Å². The zero-order chi connectivity index (χ0) is 18.9. The van der Waals surface area contributed by atoms with E-state index in [1.807, 2.05) is 0 Å². The number of ether oxygens (including phenoxy) is 2.